The Bertz CT molecular complexity index is 750. The fraction of sp³-hybridized carbons (Fsp3) is 0.579. The summed E-state index contributed by atoms with van der Waals surface area (Å²) in [6, 6.07) is 6.14. The molecular weight excluding hydrogens is 332 g/mol. The highest BCUT2D eigenvalue weighted by molar-refractivity contribution is 5.82. The van der Waals surface area contributed by atoms with E-state index < -0.39 is 12.2 Å². The molecule has 1 aliphatic rings. The van der Waals surface area contributed by atoms with Gasteiger partial charge in [-0.1, -0.05) is 19.9 Å². The lowest BCUT2D eigenvalue weighted by Gasteiger charge is -2.31. The number of hydrogen-bond donors (Lipinski definition) is 4. The molecule has 1 aromatic heterocycles. The molecule has 0 aliphatic carbocycles. The van der Waals surface area contributed by atoms with Gasteiger partial charge in [-0.2, -0.15) is 5.10 Å². The zero-order valence-electron chi connectivity index (χ0n) is 15.4. The molecule has 1 aliphatic heterocycles. The van der Waals surface area contributed by atoms with Crippen molar-refractivity contribution < 1.29 is 15.0 Å². The second-order valence-electron chi connectivity index (χ2n) is 7.49. The van der Waals surface area contributed by atoms with Crippen molar-refractivity contribution in [1.29, 1.82) is 0 Å². The Morgan fingerprint density at radius 3 is 2.77 bits per heavy atom. The van der Waals surface area contributed by atoms with Gasteiger partial charge < -0.3 is 10.2 Å². The second kappa shape index (κ2) is 8.16. The maximum absolute atomic E-state index is 10.8. The number of fused-ring (bicyclic) bond motifs is 1. The SMILES string of the molecule is CC(C)c1ccc2n[nH]c(C(O)NCC3CCN(CC(=O)O)CC3)c2c1. The molecule has 3 rings (SSSR count). The zero-order valence-corrected chi connectivity index (χ0v) is 15.4. The van der Waals surface area contributed by atoms with Gasteiger partial charge in [0.25, 0.3) is 0 Å². The van der Waals surface area contributed by atoms with Gasteiger partial charge in [-0.25, -0.2) is 0 Å². The summed E-state index contributed by atoms with van der Waals surface area (Å²) >= 11 is 0. The van der Waals surface area contributed by atoms with Crippen molar-refractivity contribution in [2.24, 2.45) is 5.92 Å². The predicted octanol–water partition coefficient (Wildman–Crippen LogP) is 2.06. The number of nitrogens with one attached hydrogen (secondary N) is 2. The molecule has 0 amide bonds. The highest BCUT2D eigenvalue weighted by Gasteiger charge is 2.22. The molecule has 2 heterocycles. The molecular formula is C19H28N4O3. The lowest BCUT2D eigenvalue weighted by molar-refractivity contribution is -0.138. The normalized spacial score (nSPS) is 17.8. The molecule has 2 aromatic rings. The van der Waals surface area contributed by atoms with Crippen LogP contribution in [-0.2, 0) is 4.79 Å². The van der Waals surface area contributed by atoms with E-state index in [2.05, 4.69) is 41.5 Å². The van der Waals surface area contributed by atoms with Gasteiger partial charge in [0.2, 0.25) is 0 Å². The Morgan fingerprint density at radius 2 is 2.12 bits per heavy atom. The predicted molar refractivity (Wildman–Crippen MR) is 99.9 cm³/mol. The first-order valence-corrected chi connectivity index (χ1v) is 9.27. The fourth-order valence-corrected chi connectivity index (χ4v) is 3.54. The van der Waals surface area contributed by atoms with Crippen molar-refractivity contribution in [1.82, 2.24) is 20.4 Å². The van der Waals surface area contributed by atoms with E-state index in [1.54, 1.807) is 0 Å². The zero-order chi connectivity index (χ0) is 18.7. The standard InChI is InChI=1S/C19H28N4O3/c1-12(2)14-3-4-16-15(9-14)18(22-21-16)19(26)20-10-13-5-7-23(8-6-13)11-17(24)25/h3-4,9,12-13,19-20,26H,5-8,10-11H2,1-2H3,(H,21,22)(H,24,25). The van der Waals surface area contributed by atoms with Crippen molar-refractivity contribution in [3.63, 3.8) is 0 Å². The average Bonchev–Trinajstić information content (AvgIpc) is 3.03. The van der Waals surface area contributed by atoms with Crippen LogP contribution in [0, 0.1) is 5.92 Å². The Kier molecular flexibility index (Phi) is 5.90. The number of benzene rings is 1. The highest BCUT2D eigenvalue weighted by Crippen LogP contribution is 2.25. The van der Waals surface area contributed by atoms with Gasteiger partial charge in [-0.15, -0.1) is 0 Å². The van der Waals surface area contributed by atoms with Gasteiger partial charge >= 0.3 is 5.97 Å². The van der Waals surface area contributed by atoms with Crippen LogP contribution in [0.3, 0.4) is 0 Å². The summed E-state index contributed by atoms with van der Waals surface area (Å²) in [5.41, 5.74) is 2.77. The third-order valence-electron chi connectivity index (χ3n) is 5.21. The van der Waals surface area contributed by atoms with E-state index in [0.717, 1.165) is 36.8 Å². The van der Waals surface area contributed by atoms with Crippen LogP contribution >= 0.6 is 0 Å². The number of hydrogen-bond acceptors (Lipinski definition) is 5. The summed E-state index contributed by atoms with van der Waals surface area (Å²) in [6.07, 6.45) is 1.09. The van der Waals surface area contributed by atoms with Gasteiger partial charge in [0.05, 0.1) is 17.8 Å². The number of carboxylic acid groups (broad SMARTS) is 1. The summed E-state index contributed by atoms with van der Waals surface area (Å²) in [4.78, 5) is 12.7. The van der Waals surface area contributed by atoms with Crippen LogP contribution in [-0.4, -0.2) is 57.5 Å². The molecule has 26 heavy (non-hydrogen) atoms. The smallest absolute Gasteiger partial charge is 0.317 e. The molecule has 0 saturated carbocycles. The quantitative estimate of drug-likeness (QED) is 0.564. The lowest BCUT2D eigenvalue weighted by atomic mass is 9.96. The maximum atomic E-state index is 10.8. The average molecular weight is 360 g/mol. The number of nitrogens with zero attached hydrogens (tertiary/aromatic N) is 2. The first kappa shape index (κ1) is 18.8. The molecule has 0 bridgehead atoms. The number of piperidine rings is 1. The van der Waals surface area contributed by atoms with Crippen LogP contribution in [0.25, 0.3) is 10.9 Å². The van der Waals surface area contributed by atoms with Gasteiger partial charge in [0.1, 0.15) is 6.23 Å². The van der Waals surface area contributed by atoms with E-state index >= 15 is 0 Å². The van der Waals surface area contributed by atoms with Crippen LogP contribution in [0.4, 0.5) is 0 Å². The maximum Gasteiger partial charge on any atom is 0.317 e. The summed E-state index contributed by atoms with van der Waals surface area (Å²) in [7, 11) is 0. The first-order chi connectivity index (χ1) is 12.4. The minimum absolute atomic E-state index is 0.112. The molecule has 1 aromatic carbocycles. The number of H-pyrrole nitrogens is 1. The number of carboxylic acids is 1. The molecule has 0 spiro atoms. The van der Waals surface area contributed by atoms with E-state index in [1.807, 2.05) is 11.0 Å². The number of likely N-dealkylation sites (tertiary alicyclic amines) is 1. The first-order valence-electron chi connectivity index (χ1n) is 9.27. The van der Waals surface area contributed by atoms with Crippen molar-refractivity contribution in [3.05, 3.63) is 29.5 Å². The van der Waals surface area contributed by atoms with Crippen LogP contribution in [0.1, 0.15) is 50.1 Å². The monoisotopic (exact) mass is 360 g/mol. The Morgan fingerprint density at radius 1 is 1.38 bits per heavy atom. The third kappa shape index (κ3) is 4.41. The Labute approximate surface area is 153 Å². The van der Waals surface area contributed by atoms with E-state index in [0.29, 0.717) is 24.1 Å². The van der Waals surface area contributed by atoms with Crippen molar-refractivity contribution in [2.45, 2.75) is 38.8 Å². The second-order valence-corrected chi connectivity index (χ2v) is 7.49. The van der Waals surface area contributed by atoms with E-state index in [-0.39, 0.29) is 6.54 Å². The number of aromatic amines is 1. The molecule has 1 unspecified atom stereocenters. The topological polar surface area (TPSA) is 101 Å². The molecule has 1 saturated heterocycles. The van der Waals surface area contributed by atoms with E-state index in [4.69, 9.17) is 5.11 Å². The number of aliphatic hydroxyl groups is 1. The lowest BCUT2D eigenvalue weighted by Crippen LogP contribution is -2.40. The van der Waals surface area contributed by atoms with Crippen molar-refractivity contribution in [3.8, 4) is 0 Å². The summed E-state index contributed by atoms with van der Waals surface area (Å²) in [5, 5.41) is 30.8. The summed E-state index contributed by atoms with van der Waals surface area (Å²) < 4.78 is 0. The van der Waals surface area contributed by atoms with Crippen LogP contribution in [0.2, 0.25) is 0 Å². The van der Waals surface area contributed by atoms with Crippen LogP contribution < -0.4 is 5.32 Å². The van der Waals surface area contributed by atoms with Crippen LogP contribution in [0.15, 0.2) is 18.2 Å². The Hall–Kier alpha value is -1.96. The molecule has 4 N–H and O–H groups in total. The van der Waals surface area contributed by atoms with E-state index in [1.165, 1.54) is 5.56 Å². The molecule has 1 fully saturated rings. The minimum Gasteiger partial charge on any atom is -0.480 e. The third-order valence-corrected chi connectivity index (χ3v) is 5.21. The van der Waals surface area contributed by atoms with Gasteiger partial charge in [-0.05, 0) is 55.5 Å². The molecule has 7 heteroatoms. The molecule has 0 radical (unpaired) electrons. The van der Waals surface area contributed by atoms with Gasteiger partial charge in [0, 0.05) is 11.9 Å². The highest BCUT2D eigenvalue weighted by atomic mass is 16.4. The summed E-state index contributed by atoms with van der Waals surface area (Å²) in [6.45, 7) is 6.69. The summed E-state index contributed by atoms with van der Waals surface area (Å²) in [5.74, 6) is 0.0854. The van der Waals surface area contributed by atoms with Crippen LogP contribution in [0.5, 0.6) is 0 Å². The van der Waals surface area contributed by atoms with Gasteiger partial charge in [-0.3, -0.25) is 20.1 Å². The number of carbonyl (C=O) groups is 1. The molecule has 142 valence electrons. The van der Waals surface area contributed by atoms with Gasteiger partial charge in [0.15, 0.2) is 0 Å². The minimum atomic E-state index is -0.792. The van der Waals surface area contributed by atoms with E-state index in [9.17, 15) is 9.90 Å². The molecule has 7 nitrogen and oxygen atoms in total. The van der Waals surface area contributed by atoms with Crippen molar-refractivity contribution in [2.75, 3.05) is 26.2 Å². The number of rotatable bonds is 7. The largest absolute Gasteiger partial charge is 0.480 e. The fourth-order valence-electron chi connectivity index (χ4n) is 3.54. The Balaban J connectivity index is 1.57. The number of aromatic nitrogens is 2. The van der Waals surface area contributed by atoms with Crippen molar-refractivity contribution >= 4 is 16.9 Å². The number of aliphatic hydroxyl groups excluding tert-OH is 1. The number of aliphatic carboxylic acids is 1. The molecule has 1 atom stereocenters.